The van der Waals surface area contributed by atoms with Gasteiger partial charge in [0.1, 0.15) is 5.75 Å². The Balaban J connectivity index is 3.25. The van der Waals surface area contributed by atoms with Crippen LogP contribution in [0, 0.1) is 0 Å². The number of nitrogens with zero attached hydrogens (tertiary/aromatic N) is 1. The summed E-state index contributed by atoms with van der Waals surface area (Å²) < 4.78 is 29.1. The number of pyridine rings is 1. The van der Waals surface area contributed by atoms with E-state index < -0.39 is 12.1 Å². The van der Waals surface area contributed by atoms with Crippen molar-refractivity contribution in [3.63, 3.8) is 0 Å². The average molecular weight is 190 g/mol. The van der Waals surface area contributed by atoms with E-state index in [9.17, 15) is 8.78 Å². The smallest absolute Gasteiger partial charge is 0.284 e. The van der Waals surface area contributed by atoms with E-state index in [1.54, 1.807) is 0 Å². The molecule has 13 heavy (non-hydrogen) atoms. The first-order valence-electron chi connectivity index (χ1n) is 3.37. The molecule has 1 heterocycles. The number of hydrogen-bond acceptors (Lipinski definition) is 4. The van der Waals surface area contributed by atoms with Gasteiger partial charge in [-0.15, -0.1) is 0 Å². The first-order valence-corrected chi connectivity index (χ1v) is 3.37. The van der Waals surface area contributed by atoms with Crippen LogP contribution in [0.3, 0.4) is 0 Å². The molecule has 0 saturated carbocycles. The highest BCUT2D eigenvalue weighted by Gasteiger charge is 2.18. The Hall–Kier alpha value is -1.59. The maximum Gasteiger partial charge on any atom is 0.284 e. The summed E-state index contributed by atoms with van der Waals surface area (Å²) in [5.74, 6) is -0.890. The van der Waals surface area contributed by atoms with Crippen molar-refractivity contribution in [2.24, 2.45) is 0 Å². The summed E-state index contributed by atoms with van der Waals surface area (Å²) in [5.41, 5.74) is 4.56. The van der Waals surface area contributed by atoms with E-state index in [1.165, 1.54) is 7.11 Å². The van der Waals surface area contributed by atoms with E-state index in [-0.39, 0.29) is 17.3 Å². The van der Waals surface area contributed by atoms with Crippen molar-refractivity contribution in [3.05, 3.63) is 11.8 Å². The van der Waals surface area contributed by atoms with Crippen LogP contribution in [0.2, 0.25) is 0 Å². The van der Waals surface area contributed by atoms with Gasteiger partial charge in [-0.2, -0.15) is 0 Å². The lowest BCUT2D eigenvalue weighted by Crippen LogP contribution is -2.00. The molecule has 6 heteroatoms. The molecule has 0 spiro atoms. The number of nitrogens with two attached hydrogens (primary N) is 1. The van der Waals surface area contributed by atoms with Crippen molar-refractivity contribution >= 4 is 5.82 Å². The number of aromatic hydroxyl groups is 1. The minimum Gasteiger partial charge on any atom is -0.504 e. The van der Waals surface area contributed by atoms with E-state index in [1.807, 2.05) is 0 Å². The van der Waals surface area contributed by atoms with Gasteiger partial charge in [0.15, 0.2) is 17.3 Å². The van der Waals surface area contributed by atoms with Crippen LogP contribution in [-0.2, 0) is 0 Å². The molecule has 0 aliphatic carbocycles. The number of hydrogen-bond donors (Lipinski definition) is 2. The molecule has 0 radical (unpaired) electrons. The van der Waals surface area contributed by atoms with Crippen LogP contribution in [0.15, 0.2) is 6.07 Å². The van der Waals surface area contributed by atoms with Gasteiger partial charge in [0.05, 0.1) is 7.11 Å². The normalized spacial score (nSPS) is 10.5. The van der Waals surface area contributed by atoms with E-state index in [4.69, 9.17) is 10.8 Å². The largest absolute Gasteiger partial charge is 0.504 e. The molecule has 4 nitrogen and oxygen atoms in total. The van der Waals surface area contributed by atoms with Gasteiger partial charge in [-0.3, -0.25) is 0 Å². The van der Waals surface area contributed by atoms with Gasteiger partial charge in [0, 0.05) is 6.07 Å². The molecule has 0 saturated heterocycles. The van der Waals surface area contributed by atoms with Gasteiger partial charge in [-0.1, -0.05) is 0 Å². The number of halogens is 2. The fraction of sp³-hybridized carbons (Fsp3) is 0.286. The average Bonchev–Trinajstić information content (AvgIpc) is 2.08. The van der Waals surface area contributed by atoms with Gasteiger partial charge < -0.3 is 15.6 Å². The lowest BCUT2D eigenvalue weighted by Gasteiger charge is -2.08. The number of methoxy groups -OCH3 is 1. The highest BCUT2D eigenvalue weighted by Crippen LogP contribution is 2.32. The Morgan fingerprint density at radius 2 is 2.23 bits per heavy atom. The third kappa shape index (κ3) is 1.77. The topological polar surface area (TPSA) is 68.4 Å². The van der Waals surface area contributed by atoms with Gasteiger partial charge in [-0.05, 0) is 0 Å². The number of nitrogen functional groups attached to an aromatic ring is 1. The Morgan fingerprint density at radius 1 is 1.62 bits per heavy atom. The second-order valence-corrected chi connectivity index (χ2v) is 2.28. The first-order chi connectivity index (χ1) is 6.06. The predicted octanol–water partition coefficient (Wildman–Crippen LogP) is 1.32. The van der Waals surface area contributed by atoms with Crippen LogP contribution >= 0.6 is 0 Å². The molecule has 0 fully saturated rings. The Morgan fingerprint density at radius 3 is 2.69 bits per heavy atom. The molecule has 0 aliphatic rings. The second-order valence-electron chi connectivity index (χ2n) is 2.28. The number of rotatable bonds is 2. The highest BCUT2D eigenvalue weighted by molar-refractivity contribution is 5.50. The number of ether oxygens (including phenoxy) is 1. The van der Waals surface area contributed by atoms with Gasteiger partial charge in [0.2, 0.25) is 0 Å². The molecule has 0 bridgehead atoms. The van der Waals surface area contributed by atoms with Crippen molar-refractivity contribution in [2.45, 2.75) is 6.43 Å². The second kappa shape index (κ2) is 3.42. The molecule has 1 aromatic rings. The lowest BCUT2D eigenvalue weighted by molar-refractivity contribution is 0.141. The summed E-state index contributed by atoms with van der Waals surface area (Å²) >= 11 is 0. The summed E-state index contributed by atoms with van der Waals surface area (Å²) in [6, 6.07) is 1.00. The molecule has 3 N–H and O–H groups in total. The number of aromatic nitrogens is 1. The van der Waals surface area contributed by atoms with Gasteiger partial charge in [0.25, 0.3) is 6.43 Å². The van der Waals surface area contributed by atoms with Crippen molar-refractivity contribution < 1.29 is 18.6 Å². The Labute approximate surface area is 73.0 Å². The number of anilines is 1. The summed E-state index contributed by atoms with van der Waals surface area (Å²) in [5, 5.41) is 9.03. The van der Waals surface area contributed by atoms with Crippen LogP contribution in [-0.4, -0.2) is 17.2 Å². The summed E-state index contributed by atoms with van der Waals surface area (Å²) in [7, 11) is 1.21. The SMILES string of the molecule is COc1cc(O)c(N)nc1C(F)F. The number of alkyl halides is 2. The van der Waals surface area contributed by atoms with E-state index in [0.29, 0.717) is 0 Å². The van der Waals surface area contributed by atoms with Gasteiger partial charge in [-0.25, -0.2) is 13.8 Å². The van der Waals surface area contributed by atoms with E-state index >= 15 is 0 Å². The Kier molecular flexibility index (Phi) is 2.50. The third-order valence-electron chi connectivity index (χ3n) is 1.45. The molecule has 72 valence electrons. The maximum atomic E-state index is 12.2. The zero-order chi connectivity index (χ0) is 10.0. The predicted molar refractivity (Wildman–Crippen MR) is 41.8 cm³/mol. The minimum atomic E-state index is -2.78. The minimum absolute atomic E-state index is 0.179. The third-order valence-corrected chi connectivity index (χ3v) is 1.45. The lowest BCUT2D eigenvalue weighted by atomic mass is 10.3. The molecule has 0 aliphatic heterocycles. The molecule has 0 atom stereocenters. The fourth-order valence-electron chi connectivity index (χ4n) is 0.834. The summed E-state index contributed by atoms with van der Waals surface area (Å²) in [6.45, 7) is 0. The van der Waals surface area contributed by atoms with Crippen LogP contribution in [0.1, 0.15) is 12.1 Å². The Bertz CT molecular complexity index is 318. The van der Waals surface area contributed by atoms with Crippen molar-refractivity contribution in [1.29, 1.82) is 0 Å². The zero-order valence-electron chi connectivity index (χ0n) is 6.79. The molecule has 1 rings (SSSR count). The highest BCUT2D eigenvalue weighted by atomic mass is 19.3. The van der Waals surface area contributed by atoms with Crippen LogP contribution in [0.5, 0.6) is 11.5 Å². The molecule has 1 aromatic heterocycles. The monoisotopic (exact) mass is 190 g/mol. The van der Waals surface area contributed by atoms with Crippen molar-refractivity contribution in [2.75, 3.05) is 12.8 Å². The molecule has 0 unspecified atom stereocenters. The van der Waals surface area contributed by atoms with Crippen LogP contribution < -0.4 is 10.5 Å². The van der Waals surface area contributed by atoms with Crippen LogP contribution in [0.4, 0.5) is 14.6 Å². The van der Waals surface area contributed by atoms with Crippen molar-refractivity contribution in [1.82, 2.24) is 4.98 Å². The van der Waals surface area contributed by atoms with E-state index in [0.717, 1.165) is 6.07 Å². The van der Waals surface area contributed by atoms with Crippen LogP contribution in [0.25, 0.3) is 0 Å². The fourth-order valence-corrected chi connectivity index (χ4v) is 0.834. The standard InChI is InChI=1S/C7H8F2N2O2/c1-13-4-2-3(12)7(10)11-5(4)6(8)9/h2,6,12H,1H3,(H2,10,11). The molecular formula is C7H8F2N2O2. The van der Waals surface area contributed by atoms with Crippen molar-refractivity contribution in [3.8, 4) is 11.5 Å². The molecular weight excluding hydrogens is 182 g/mol. The first kappa shape index (κ1) is 9.50. The summed E-state index contributed by atoms with van der Waals surface area (Å²) in [4.78, 5) is 3.30. The van der Waals surface area contributed by atoms with E-state index in [2.05, 4.69) is 9.72 Å². The molecule has 0 amide bonds. The molecule has 0 aromatic carbocycles. The quantitative estimate of drug-likeness (QED) is 0.737. The zero-order valence-corrected chi connectivity index (χ0v) is 6.79. The van der Waals surface area contributed by atoms with Gasteiger partial charge >= 0.3 is 0 Å². The summed E-state index contributed by atoms with van der Waals surface area (Å²) in [6.07, 6.45) is -2.78. The maximum absolute atomic E-state index is 12.2.